The van der Waals surface area contributed by atoms with Crippen molar-refractivity contribution in [2.75, 3.05) is 13.2 Å². The molecule has 0 amide bonds. The fourth-order valence-electron chi connectivity index (χ4n) is 7.43. The molecule has 1 atom stereocenters. The molecule has 0 saturated heterocycles. The Balaban J connectivity index is 4.39. The molecule has 1 unspecified atom stereocenters. The van der Waals surface area contributed by atoms with Gasteiger partial charge in [-0.25, -0.2) is 0 Å². The molecule has 0 aromatic heterocycles. The van der Waals surface area contributed by atoms with E-state index in [4.69, 9.17) is 14.2 Å². The average molecular weight is 855 g/mol. The van der Waals surface area contributed by atoms with Crippen LogP contribution in [0.1, 0.15) is 265 Å². The van der Waals surface area contributed by atoms with Crippen molar-refractivity contribution in [1.29, 1.82) is 0 Å². The predicted octanol–water partition coefficient (Wildman–Crippen LogP) is 17.1. The Kier molecular flexibility index (Phi) is 47.9. The maximum atomic E-state index is 12.8. The Morgan fingerprint density at radius 1 is 0.344 bits per heavy atom. The van der Waals surface area contributed by atoms with Crippen LogP contribution in [0.25, 0.3) is 0 Å². The fraction of sp³-hybridized carbons (Fsp3) is 0.800. The zero-order valence-corrected chi connectivity index (χ0v) is 40.4. The van der Waals surface area contributed by atoms with Crippen LogP contribution < -0.4 is 0 Å². The minimum absolute atomic E-state index is 0.0772. The summed E-state index contributed by atoms with van der Waals surface area (Å²) in [6.45, 7) is 6.52. The summed E-state index contributed by atoms with van der Waals surface area (Å²) < 4.78 is 16.8. The smallest absolute Gasteiger partial charge is 0.306 e. The Labute approximate surface area is 378 Å². The van der Waals surface area contributed by atoms with E-state index in [-0.39, 0.29) is 31.1 Å². The van der Waals surface area contributed by atoms with Gasteiger partial charge < -0.3 is 14.2 Å². The van der Waals surface area contributed by atoms with Crippen LogP contribution in [-0.2, 0) is 28.6 Å². The van der Waals surface area contributed by atoms with Gasteiger partial charge in [0.1, 0.15) is 13.2 Å². The van der Waals surface area contributed by atoms with E-state index in [1.165, 1.54) is 128 Å². The lowest BCUT2D eigenvalue weighted by atomic mass is 10.0. The van der Waals surface area contributed by atoms with E-state index in [0.717, 1.165) is 96.3 Å². The third-order valence-corrected chi connectivity index (χ3v) is 11.3. The number of carbonyl (C=O) groups excluding carboxylic acids is 3. The highest BCUT2D eigenvalue weighted by atomic mass is 16.6. The number of hydrogen-bond donors (Lipinski definition) is 0. The highest BCUT2D eigenvalue weighted by Crippen LogP contribution is 2.16. The van der Waals surface area contributed by atoms with Gasteiger partial charge in [-0.05, 0) is 57.8 Å². The molecule has 0 aliphatic heterocycles. The summed E-state index contributed by atoms with van der Waals surface area (Å²) in [7, 11) is 0. The molecule has 0 spiro atoms. The second-order valence-corrected chi connectivity index (χ2v) is 17.4. The van der Waals surface area contributed by atoms with Crippen molar-refractivity contribution >= 4 is 17.9 Å². The van der Waals surface area contributed by atoms with Gasteiger partial charge in [0, 0.05) is 19.3 Å². The number of ether oxygens (including phenoxy) is 3. The maximum Gasteiger partial charge on any atom is 0.306 e. The van der Waals surface area contributed by atoms with Crippen LogP contribution in [0.3, 0.4) is 0 Å². The molecular formula is C55H98O6. The summed E-state index contributed by atoms with van der Waals surface area (Å²) in [5, 5.41) is 0. The number of rotatable bonds is 47. The minimum atomic E-state index is -0.778. The van der Waals surface area contributed by atoms with E-state index in [9.17, 15) is 14.4 Å². The summed E-state index contributed by atoms with van der Waals surface area (Å²) in [6.07, 6.45) is 59.5. The zero-order valence-electron chi connectivity index (χ0n) is 40.4. The molecule has 0 N–H and O–H groups in total. The molecule has 0 aromatic rings. The lowest BCUT2D eigenvalue weighted by Crippen LogP contribution is -2.30. The molecule has 0 aliphatic rings. The van der Waals surface area contributed by atoms with Crippen LogP contribution in [0.15, 0.2) is 48.6 Å². The molecule has 0 aromatic carbocycles. The first-order valence-electron chi connectivity index (χ1n) is 26.1. The van der Waals surface area contributed by atoms with Crippen molar-refractivity contribution in [1.82, 2.24) is 0 Å². The van der Waals surface area contributed by atoms with Crippen LogP contribution in [0, 0.1) is 0 Å². The molecule has 0 aliphatic carbocycles. The molecule has 0 rings (SSSR count). The Hall–Kier alpha value is -2.63. The molecule has 0 saturated carbocycles. The summed E-state index contributed by atoms with van der Waals surface area (Å²) in [6, 6.07) is 0. The molecule has 0 bridgehead atoms. The SMILES string of the molecule is CC/C=C\C/C=C\C/C=C\C/C=C\CCCCCCC(=O)OCC(COC(=O)CCCCCCCCCCCCCCC)OC(=O)CCCCCCCCCCCCCCC. The van der Waals surface area contributed by atoms with Crippen LogP contribution in [0.2, 0.25) is 0 Å². The first-order valence-corrected chi connectivity index (χ1v) is 26.1. The van der Waals surface area contributed by atoms with Crippen LogP contribution in [0.5, 0.6) is 0 Å². The molecule has 6 heteroatoms. The third-order valence-electron chi connectivity index (χ3n) is 11.3. The van der Waals surface area contributed by atoms with Crippen molar-refractivity contribution in [3.63, 3.8) is 0 Å². The van der Waals surface area contributed by atoms with Crippen molar-refractivity contribution in [2.24, 2.45) is 0 Å². The topological polar surface area (TPSA) is 78.9 Å². The number of allylic oxidation sites excluding steroid dienone is 8. The van der Waals surface area contributed by atoms with Crippen LogP contribution in [-0.4, -0.2) is 37.2 Å². The van der Waals surface area contributed by atoms with E-state index < -0.39 is 6.10 Å². The normalized spacial score (nSPS) is 12.4. The summed E-state index contributed by atoms with van der Waals surface area (Å²) in [5.74, 6) is -0.892. The van der Waals surface area contributed by atoms with Gasteiger partial charge in [-0.1, -0.05) is 236 Å². The molecule has 6 nitrogen and oxygen atoms in total. The lowest BCUT2D eigenvalue weighted by molar-refractivity contribution is -0.167. The van der Waals surface area contributed by atoms with E-state index in [1.54, 1.807) is 0 Å². The van der Waals surface area contributed by atoms with Crippen molar-refractivity contribution in [3.8, 4) is 0 Å². The van der Waals surface area contributed by atoms with Crippen molar-refractivity contribution in [2.45, 2.75) is 271 Å². The van der Waals surface area contributed by atoms with Gasteiger partial charge in [-0.15, -0.1) is 0 Å². The monoisotopic (exact) mass is 855 g/mol. The summed E-state index contributed by atoms with van der Waals surface area (Å²) >= 11 is 0. The molecule has 0 heterocycles. The first-order chi connectivity index (χ1) is 30.0. The first kappa shape index (κ1) is 58.4. The largest absolute Gasteiger partial charge is 0.462 e. The van der Waals surface area contributed by atoms with E-state index in [2.05, 4.69) is 69.4 Å². The standard InChI is InChI=1S/C55H98O6/c1-4-7-10-13-16-19-22-25-26-27-28-31-33-36-39-42-45-48-54(57)60-51-52(61-55(58)49-46-43-40-37-34-30-24-21-18-15-12-9-6-3)50-59-53(56)47-44-41-38-35-32-29-23-20-17-14-11-8-5-2/h7,10,16,19,25-26,28,31,52H,4-6,8-9,11-15,17-18,20-24,27,29-30,32-51H2,1-3H3/b10-7-,19-16-,26-25-,31-28-. The minimum Gasteiger partial charge on any atom is -0.462 e. The van der Waals surface area contributed by atoms with Gasteiger partial charge in [-0.2, -0.15) is 0 Å². The second-order valence-electron chi connectivity index (χ2n) is 17.4. The molecular weight excluding hydrogens is 757 g/mol. The number of hydrogen-bond acceptors (Lipinski definition) is 6. The predicted molar refractivity (Wildman–Crippen MR) is 261 cm³/mol. The fourth-order valence-corrected chi connectivity index (χ4v) is 7.43. The van der Waals surface area contributed by atoms with Gasteiger partial charge in [0.05, 0.1) is 0 Å². The Bertz CT molecular complexity index is 1070. The van der Waals surface area contributed by atoms with Crippen LogP contribution in [0.4, 0.5) is 0 Å². The van der Waals surface area contributed by atoms with Gasteiger partial charge in [0.25, 0.3) is 0 Å². The number of carbonyl (C=O) groups is 3. The van der Waals surface area contributed by atoms with Crippen LogP contribution >= 0.6 is 0 Å². The lowest BCUT2D eigenvalue weighted by Gasteiger charge is -2.18. The van der Waals surface area contributed by atoms with Gasteiger partial charge >= 0.3 is 17.9 Å². The number of unbranched alkanes of at least 4 members (excludes halogenated alkanes) is 28. The van der Waals surface area contributed by atoms with E-state index in [1.807, 2.05) is 0 Å². The Morgan fingerprint density at radius 3 is 1.00 bits per heavy atom. The van der Waals surface area contributed by atoms with Gasteiger partial charge in [-0.3, -0.25) is 14.4 Å². The molecule has 0 fully saturated rings. The highest BCUT2D eigenvalue weighted by molar-refractivity contribution is 5.71. The Morgan fingerprint density at radius 2 is 0.639 bits per heavy atom. The maximum absolute atomic E-state index is 12.8. The molecule has 0 radical (unpaired) electrons. The van der Waals surface area contributed by atoms with Gasteiger partial charge in [0.2, 0.25) is 0 Å². The summed E-state index contributed by atoms with van der Waals surface area (Å²) in [5.41, 5.74) is 0. The zero-order chi connectivity index (χ0) is 44.4. The number of esters is 3. The average Bonchev–Trinajstić information content (AvgIpc) is 3.26. The van der Waals surface area contributed by atoms with E-state index >= 15 is 0 Å². The van der Waals surface area contributed by atoms with E-state index in [0.29, 0.717) is 19.3 Å². The quantitative estimate of drug-likeness (QED) is 0.0263. The van der Waals surface area contributed by atoms with Crippen molar-refractivity contribution < 1.29 is 28.6 Å². The van der Waals surface area contributed by atoms with Gasteiger partial charge in [0.15, 0.2) is 6.10 Å². The molecule has 61 heavy (non-hydrogen) atoms. The summed E-state index contributed by atoms with van der Waals surface area (Å²) in [4.78, 5) is 38.0. The molecule has 354 valence electrons. The third kappa shape index (κ3) is 48.3. The highest BCUT2D eigenvalue weighted by Gasteiger charge is 2.19. The van der Waals surface area contributed by atoms with Crippen molar-refractivity contribution in [3.05, 3.63) is 48.6 Å². The second kappa shape index (κ2) is 50.0.